The molecule has 0 spiro atoms. The van der Waals surface area contributed by atoms with Gasteiger partial charge in [-0.05, 0) is 31.5 Å². The van der Waals surface area contributed by atoms with Crippen molar-refractivity contribution in [3.63, 3.8) is 0 Å². The van der Waals surface area contributed by atoms with Crippen LogP contribution in [0.15, 0.2) is 23.1 Å². The summed E-state index contributed by atoms with van der Waals surface area (Å²) in [4.78, 5) is 0.411. The maximum Gasteiger partial charge on any atom is 0.125 e. The lowest BCUT2D eigenvalue weighted by Gasteiger charge is -2.08. The molecule has 4 nitrogen and oxygen atoms in total. The number of hydrogen-bond acceptors (Lipinski definition) is 3. The van der Waals surface area contributed by atoms with Crippen LogP contribution < -0.4 is 5.73 Å². The Morgan fingerprint density at radius 1 is 1.43 bits per heavy atom. The molecule has 1 heterocycles. The topological polar surface area (TPSA) is 60.9 Å². The van der Waals surface area contributed by atoms with E-state index < -0.39 is 16.6 Å². The normalized spacial score (nSPS) is 12.6. The zero-order valence-electron chi connectivity index (χ0n) is 11.9. The quantitative estimate of drug-likeness (QED) is 0.857. The lowest BCUT2D eigenvalue weighted by molar-refractivity contribution is 0.622. The molecule has 0 amide bonds. The summed E-state index contributed by atoms with van der Waals surface area (Å²) in [5, 5.41) is 4.94. The van der Waals surface area contributed by atoms with Crippen molar-refractivity contribution in [1.82, 2.24) is 9.78 Å². The fourth-order valence-corrected chi connectivity index (χ4v) is 3.74. The minimum absolute atomic E-state index is 0.183. The number of aromatic nitrogens is 2. The molecule has 0 aliphatic heterocycles. The lowest BCUT2D eigenvalue weighted by Crippen LogP contribution is -2.08. The molecule has 1 unspecified atom stereocenters. The fraction of sp³-hybridized carbons (Fsp3) is 0.357. The van der Waals surface area contributed by atoms with E-state index in [1.54, 1.807) is 4.68 Å². The smallest absolute Gasteiger partial charge is 0.125 e. The van der Waals surface area contributed by atoms with Gasteiger partial charge in [-0.1, -0.05) is 18.5 Å². The molecule has 2 aromatic rings. The van der Waals surface area contributed by atoms with Crippen molar-refractivity contribution in [2.24, 2.45) is 0 Å². The van der Waals surface area contributed by atoms with Crippen LogP contribution in [0, 0.1) is 5.82 Å². The molecule has 0 aliphatic rings. The Morgan fingerprint density at radius 3 is 2.71 bits per heavy atom. The summed E-state index contributed by atoms with van der Waals surface area (Å²) < 4.78 is 27.3. The van der Waals surface area contributed by atoms with Crippen molar-refractivity contribution in [1.29, 1.82) is 0 Å². The Bertz CT molecular complexity index is 687. The zero-order chi connectivity index (χ0) is 15.6. The van der Waals surface area contributed by atoms with Crippen molar-refractivity contribution < 1.29 is 8.60 Å². The number of aryl methyl sites for hydroxylation is 2. The summed E-state index contributed by atoms with van der Waals surface area (Å²) >= 11 is 6.30. The first kappa shape index (κ1) is 16.0. The number of anilines is 1. The Labute approximate surface area is 130 Å². The van der Waals surface area contributed by atoms with Crippen LogP contribution in [0.2, 0.25) is 5.02 Å². The first-order valence-electron chi connectivity index (χ1n) is 6.65. The second kappa shape index (κ2) is 6.58. The van der Waals surface area contributed by atoms with E-state index in [-0.39, 0.29) is 11.4 Å². The molecule has 21 heavy (non-hydrogen) atoms. The molecule has 0 saturated carbocycles. The van der Waals surface area contributed by atoms with E-state index in [0.717, 1.165) is 11.4 Å². The first-order valence-corrected chi connectivity index (χ1v) is 8.35. The molecule has 0 saturated heterocycles. The van der Waals surface area contributed by atoms with E-state index in [1.807, 2.05) is 13.8 Å². The van der Waals surface area contributed by atoms with Gasteiger partial charge >= 0.3 is 0 Å². The Hall–Kier alpha value is -1.40. The maximum atomic E-state index is 13.1. The average Bonchev–Trinajstić information content (AvgIpc) is 2.75. The number of nitrogens with two attached hydrogens (primary N) is 1. The molecule has 7 heteroatoms. The summed E-state index contributed by atoms with van der Waals surface area (Å²) in [7, 11) is -1.40. The Balaban J connectivity index is 2.33. The molecule has 2 N–H and O–H groups in total. The monoisotopic (exact) mass is 329 g/mol. The average molecular weight is 330 g/mol. The minimum Gasteiger partial charge on any atom is -0.398 e. The summed E-state index contributed by atoms with van der Waals surface area (Å²) in [6, 6.07) is 3.87. The van der Waals surface area contributed by atoms with Crippen molar-refractivity contribution in [3.05, 3.63) is 40.4 Å². The number of rotatable bonds is 5. The maximum absolute atomic E-state index is 13.1. The molecule has 1 aromatic carbocycles. The second-order valence-corrected chi connectivity index (χ2v) is 6.35. The van der Waals surface area contributed by atoms with Crippen molar-refractivity contribution >= 4 is 28.1 Å². The first-order chi connectivity index (χ1) is 9.97. The molecule has 2 rings (SSSR count). The van der Waals surface area contributed by atoms with Crippen LogP contribution in [-0.2, 0) is 29.5 Å². The van der Waals surface area contributed by atoms with Gasteiger partial charge in [0, 0.05) is 6.54 Å². The number of nitrogen functional groups attached to an aromatic ring is 1. The lowest BCUT2D eigenvalue weighted by atomic mass is 10.3. The van der Waals surface area contributed by atoms with Gasteiger partial charge in [-0.25, -0.2) is 4.39 Å². The highest BCUT2D eigenvalue weighted by molar-refractivity contribution is 7.84. The van der Waals surface area contributed by atoms with Crippen LogP contribution in [0.1, 0.15) is 25.2 Å². The van der Waals surface area contributed by atoms with E-state index in [0.29, 0.717) is 22.9 Å². The summed E-state index contributed by atoms with van der Waals surface area (Å²) in [5.41, 5.74) is 7.42. The van der Waals surface area contributed by atoms with Gasteiger partial charge in [-0.15, -0.1) is 0 Å². The molecule has 0 radical (unpaired) electrons. The van der Waals surface area contributed by atoms with Crippen LogP contribution in [0.4, 0.5) is 10.1 Å². The molecule has 0 fully saturated rings. The number of halogens is 2. The van der Waals surface area contributed by atoms with E-state index in [1.165, 1.54) is 18.2 Å². The predicted octanol–water partition coefficient (Wildman–Crippen LogP) is 3.15. The van der Waals surface area contributed by atoms with E-state index in [2.05, 4.69) is 5.10 Å². The zero-order valence-corrected chi connectivity index (χ0v) is 13.5. The van der Waals surface area contributed by atoms with Crippen molar-refractivity contribution in [3.8, 4) is 0 Å². The highest BCUT2D eigenvalue weighted by Gasteiger charge is 2.18. The van der Waals surface area contributed by atoms with Gasteiger partial charge in [-0.2, -0.15) is 5.10 Å². The van der Waals surface area contributed by atoms with Crippen molar-refractivity contribution in [2.45, 2.75) is 37.5 Å². The minimum atomic E-state index is -1.40. The van der Waals surface area contributed by atoms with Gasteiger partial charge in [0.15, 0.2) is 0 Å². The molecule has 114 valence electrons. The summed E-state index contributed by atoms with van der Waals surface area (Å²) in [5.74, 6) is -0.242. The van der Waals surface area contributed by atoms with E-state index in [4.69, 9.17) is 17.3 Å². The highest BCUT2D eigenvalue weighted by atomic mass is 35.5. The van der Waals surface area contributed by atoms with E-state index >= 15 is 0 Å². The van der Waals surface area contributed by atoms with Gasteiger partial charge in [0.1, 0.15) is 5.82 Å². The number of nitrogens with zero attached hydrogens (tertiary/aromatic N) is 2. The third-order valence-corrected chi connectivity index (χ3v) is 5.01. The van der Waals surface area contributed by atoms with Gasteiger partial charge in [0.25, 0.3) is 0 Å². The van der Waals surface area contributed by atoms with E-state index in [9.17, 15) is 8.60 Å². The number of hydrogen-bond donors (Lipinski definition) is 1. The summed E-state index contributed by atoms with van der Waals surface area (Å²) in [6.07, 6.45) is 0.712. The Kier molecular flexibility index (Phi) is 5.00. The predicted molar refractivity (Wildman–Crippen MR) is 83.2 cm³/mol. The van der Waals surface area contributed by atoms with Gasteiger partial charge < -0.3 is 5.73 Å². The third-order valence-electron chi connectivity index (χ3n) is 3.18. The Morgan fingerprint density at radius 2 is 2.14 bits per heavy atom. The molecule has 0 aliphatic carbocycles. The highest BCUT2D eigenvalue weighted by Crippen LogP contribution is 2.26. The molecule has 1 atom stereocenters. The molecular weight excluding hydrogens is 313 g/mol. The fourth-order valence-electron chi connectivity index (χ4n) is 2.08. The molecule has 1 aromatic heterocycles. The standard InChI is InChI=1S/C14H17ClFN3OS/c1-3-11-14(15)12(19(4-2)18-11)8-21(20)13-6-5-9(16)7-10(13)17/h5-7H,3-4,8,17H2,1-2H3. The second-order valence-electron chi connectivity index (χ2n) is 4.55. The van der Waals surface area contributed by atoms with Crippen LogP contribution in [0.5, 0.6) is 0 Å². The van der Waals surface area contributed by atoms with Gasteiger partial charge in [-0.3, -0.25) is 8.89 Å². The molecular formula is C14H17ClFN3OS. The van der Waals surface area contributed by atoms with Gasteiger partial charge in [0.05, 0.1) is 43.5 Å². The van der Waals surface area contributed by atoms with Crippen LogP contribution in [0.3, 0.4) is 0 Å². The van der Waals surface area contributed by atoms with Gasteiger partial charge in [0.2, 0.25) is 0 Å². The SMILES string of the molecule is CCc1nn(CC)c(CS(=O)c2ccc(F)cc2N)c1Cl. The third kappa shape index (κ3) is 3.27. The van der Waals surface area contributed by atoms with Crippen molar-refractivity contribution in [2.75, 3.05) is 5.73 Å². The van der Waals surface area contributed by atoms with Crippen LogP contribution in [0.25, 0.3) is 0 Å². The summed E-state index contributed by atoms with van der Waals surface area (Å²) in [6.45, 7) is 4.56. The number of benzene rings is 1. The largest absolute Gasteiger partial charge is 0.398 e. The van der Waals surface area contributed by atoms with Crippen LogP contribution >= 0.6 is 11.6 Å². The molecule has 0 bridgehead atoms. The van der Waals surface area contributed by atoms with Crippen LogP contribution in [-0.4, -0.2) is 14.0 Å².